The monoisotopic (exact) mass is 385 g/mol. The van der Waals surface area contributed by atoms with E-state index in [4.69, 9.17) is 4.74 Å². The quantitative estimate of drug-likeness (QED) is 0.400. The van der Waals surface area contributed by atoms with Crippen molar-refractivity contribution in [2.24, 2.45) is 0 Å². The zero-order valence-corrected chi connectivity index (χ0v) is 17.2. The number of nitrogens with zero attached hydrogens (tertiary/aromatic N) is 1. The van der Waals surface area contributed by atoms with E-state index in [1.165, 1.54) is 11.1 Å². The molecule has 29 heavy (non-hydrogen) atoms. The van der Waals surface area contributed by atoms with Crippen LogP contribution in [-0.4, -0.2) is 18.6 Å². The normalized spacial score (nSPS) is 10.6. The van der Waals surface area contributed by atoms with Crippen molar-refractivity contribution in [3.8, 4) is 17.6 Å². The van der Waals surface area contributed by atoms with E-state index in [0.717, 1.165) is 67.4 Å². The van der Waals surface area contributed by atoms with E-state index in [0.29, 0.717) is 0 Å². The Bertz CT molecular complexity index is 985. The summed E-state index contributed by atoms with van der Waals surface area (Å²) in [4.78, 5) is 4.59. The molecule has 0 amide bonds. The molecule has 1 aromatic heterocycles. The van der Waals surface area contributed by atoms with Crippen LogP contribution in [0.2, 0.25) is 0 Å². The van der Waals surface area contributed by atoms with E-state index in [2.05, 4.69) is 59.4 Å². The predicted octanol–water partition coefficient (Wildman–Crippen LogP) is 5.32. The van der Waals surface area contributed by atoms with Gasteiger partial charge >= 0.3 is 0 Å². The van der Waals surface area contributed by atoms with Crippen molar-refractivity contribution in [1.82, 2.24) is 10.3 Å². The molecule has 3 heteroatoms. The number of hydrogen-bond acceptors (Lipinski definition) is 3. The minimum atomic E-state index is 0.807. The van der Waals surface area contributed by atoms with Crippen LogP contribution < -0.4 is 10.1 Å². The van der Waals surface area contributed by atoms with Crippen molar-refractivity contribution in [3.63, 3.8) is 0 Å². The summed E-state index contributed by atoms with van der Waals surface area (Å²) in [6.45, 7) is 5.59. The Morgan fingerprint density at radius 3 is 2.90 bits per heavy atom. The lowest BCUT2D eigenvalue weighted by Gasteiger charge is -2.08. The van der Waals surface area contributed by atoms with Gasteiger partial charge in [0.15, 0.2) is 0 Å². The van der Waals surface area contributed by atoms with Gasteiger partial charge in [-0.3, -0.25) is 4.98 Å². The van der Waals surface area contributed by atoms with Crippen molar-refractivity contribution >= 4 is 10.9 Å². The molecule has 1 N–H and O–H groups in total. The smallest absolute Gasteiger partial charge is 0.119 e. The fraction of sp³-hybridized carbons (Fsp3) is 0.308. The molecule has 0 aliphatic heterocycles. The lowest BCUT2D eigenvalue weighted by atomic mass is 10.0. The molecule has 1 heterocycles. The van der Waals surface area contributed by atoms with E-state index >= 15 is 0 Å². The maximum atomic E-state index is 5.29. The van der Waals surface area contributed by atoms with Crippen LogP contribution in [0.15, 0.2) is 54.7 Å². The van der Waals surface area contributed by atoms with Gasteiger partial charge in [-0.15, -0.1) is 0 Å². The Kier molecular flexibility index (Phi) is 8.10. The van der Waals surface area contributed by atoms with Crippen molar-refractivity contribution in [3.05, 3.63) is 78.3 Å². The lowest BCUT2D eigenvalue weighted by Crippen LogP contribution is -2.14. The van der Waals surface area contributed by atoms with Gasteiger partial charge in [-0.05, 0) is 67.6 Å². The molecule has 0 fully saturated rings. The Balaban J connectivity index is 1.58. The van der Waals surface area contributed by atoms with Crippen LogP contribution in [0.3, 0.4) is 0 Å². The highest BCUT2D eigenvalue weighted by Gasteiger charge is 2.05. The van der Waals surface area contributed by atoms with Crippen LogP contribution in [-0.2, 0) is 13.0 Å². The molecular formula is C26H29N2O. The Labute approximate surface area is 174 Å². The molecule has 1 radical (unpaired) electrons. The summed E-state index contributed by atoms with van der Waals surface area (Å²) in [5, 5.41) is 4.53. The van der Waals surface area contributed by atoms with Gasteiger partial charge in [-0.2, -0.15) is 0 Å². The highest BCUT2D eigenvalue weighted by atomic mass is 16.5. The summed E-state index contributed by atoms with van der Waals surface area (Å²) >= 11 is 0. The number of unbranched alkanes of at least 4 members (excludes halogenated alkanes) is 2. The molecule has 0 aliphatic carbocycles. The molecule has 2 aromatic carbocycles. The minimum absolute atomic E-state index is 0.807. The van der Waals surface area contributed by atoms with E-state index in [-0.39, 0.29) is 0 Å². The maximum absolute atomic E-state index is 5.29. The first-order valence-electron chi connectivity index (χ1n) is 10.3. The molecule has 0 bridgehead atoms. The summed E-state index contributed by atoms with van der Waals surface area (Å²) < 4.78 is 5.29. The molecule has 0 saturated carbocycles. The van der Waals surface area contributed by atoms with Crippen LogP contribution in [0.4, 0.5) is 0 Å². The number of hydrogen-bond donors (Lipinski definition) is 1. The second kappa shape index (κ2) is 11.2. The van der Waals surface area contributed by atoms with Crippen LogP contribution in [0.1, 0.15) is 42.4 Å². The number of nitrogens with one attached hydrogen (secondary N) is 1. The number of fused-ring (bicyclic) bond motifs is 1. The van der Waals surface area contributed by atoms with Crippen molar-refractivity contribution in [2.75, 3.05) is 13.7 Å². The average molecular weight is 386 g/mol. The molecular weight excluding hydrogens is 356 g/mol. The summed E-state index contributed by atoms with van der Waals surface area (Å²) in [5.74, 6) is 7.63. The molecule has 0 saturated heterocycles. The summed E-state index contributed by atoms with van der Waals surface area (Å²) in [5.41, 5.74) is 4.62. The first kappa shape index (κ1) is 20.9. The van der Waals surface area contributed by atoms with Crippen LogP contribution in [0.5, 0.6) is 5.75 Å². The molecule has 149 valence electrons. The molecule has 0 spiro atoms. The van der Waals surface area contributed by atoms with E-state index in [1.807, 2.05) is 24.4 Å². The van der Waals surface area contributed by atoms with E-state index < -0.39 is 0 Å². The average Bonchev–Trinajstić information content (AvgIpc) is 2.77. The third kappa shape index (κ3) is 6.07. The van der Waals surface area contributed by atoms with Crippen molar-refractivity contribution in [2.45, 2.75) is 38.6 Å². The third-order valence-electron chi connectivity index (χ3n) is 4.90. The number of methoxy groups -OCH3 is 1. The molecule has 3 rings (SSSR count). The molecule has 0 aliphatic rings. The standard InChI is InChI=1S/C26H29N2O/c1-3-17-27-20-23-16-15-22(25-14-9-18-28-26(23)25)12-7-5-4-6-10-21-11-8-13-24(19-21)29-2/h8-9,11,13-16,18-19,27H,1,3-6,10,17,20H2,2H3. The fourth-order valence-corrected chi connectivity index (χ4v) is 3.36. The van der Waals surface area contributed by atoms with Crippen molar-refractivity contribution in [1.29, 1.82) is 0 Å². The Hall–Kier alpha value is -2.83. The van der Waals surface area contributed by atoms with Gasteiger partial charge in [-0.1, -0.05) is 43.0 Å². The maximum Gasteiger partial charge on any atom is 0.119 e. The first-order valence-corrected chi connectivity index (χ1v) is 10.3. The van der Waals surface area contributed by atoms with Crippen LogP contribution in [0, 0.1) is 18.8 Å². The minimum Gasteiger partial charge on any atom is -0.497 e. The van der Waals surface area contributed by atoms with Gasteiger partial charge in [0, 0.05) is 30.1 Å². The number of rotatable bonds is 9. The number of ether oxygens (including phenoxy) is 1. The van der Waals surface area contributed by atoms with Gasteiger partial charge in [0.25, 0.3) is 0 Å². The van der Waals surface area contributed by atoms with E-state index in [1.54, 1.807) is 7.11 Å². The van der Waals surface area contributed by atoms with E-state index in [9.17, 15) is 0 Å². The van der Waals surface area contributed by atoms with Gasteiger partial charge in [-0.25, -0.2) is 0 Å². The summed E-state index contributed by atoms with van der Waals surface area (Å²) in [6.07, 6.45) is 6.91. The predicted molar refractivity (Wildman–Crippen MR) is 121 cm³/mol. The number of pyridine rings is 1. The molecule has 0 unspecified atom stereocenters. The van der Waals surface area contributed by atoms with Crippen molar-refractivity contribution < 1.29 is 4.74 Å². The Morgan fingerprint density at radius 1 is 1.10 bits per heavy atom. The number of aryl methyl sites for hydroxylation is 1. The topological polar surface area (TPSA) is 34.1 Å². The third-order valence-corrected chi connectivity index (χ3v) is 4.90. The number of aromatic nitrogens is 1. The second-order valence-electron chi connectivity index (χ2n) is 7.06. The molecule has 3 nitrogen and oxygen atoms in total. The lowest BCUT2D eigenvalue weighted by molar-refractivity contribution is 0.414. The summed E-state index contributed by atoms with van der Waals surface area (Å²) in [6, 6.07) is 16.6. The molecule has 0 atom stereocenters. The van der Waals surface area contributed by atoms with Gasteiger partial charge in [0.1, 0.15) is 5.75 Å². The molecule has 3 aromatic rings. The van der Waals surface area contributed by atoms with Crippen LogP contribution >= 0.6 is 0 Å². The van der Waals surface area contributed by atoms with Crippen LogP contribution in [0.25, 0.3) is 10.9 Å². The SMILES string of the molecule is [CH2]CCNCc1ccc(C#CCCCCc2cccc(OC)c2)c2cccnc12. The fourth-order valence-electron chi connectivity index (χ4n) is 3.36. The number of benzene rings is 2. The zero-order chi connectivity index (χ0) is 20.3. The zero-order valence-electron chi connectivity index (χ0n) is 17.2. The van der Waals surface area contributed by atoms with Gasteiger partial charge in [0.05, 0.1) is 12.6 Å². The summed E-state index contributed by atoms with van der Waals surface area (Å²) in [7, 11) is 1.71. The first-order chi connectivity index (χ1) is 14.3. The highest BCUT2D eigenvalue weighted by Crippen LogP contribution is 2.20. The highest BCUT2D eigenvalue weighted by molar-refractivity contribution is 5.87. The largest absolute Gasteiger partial charge is 0.497 e. The van der Waals surface area contributed by atoms with Gasteiger partial charge < -0.3 is 10.1 Å². The van der Waals surface area contributed by atoms with Gasteiger partial charge in [0.2, 0.25) is 0 Å². The second-order valence-corrected chi connectivity index (χ2v) is 7.06. The Morgan fingerprint density at radius 2 is 2.03 bits per heavy atom.